The molecule has 0 saturated carbocycles. The molecule has 0 radical (unpaired) electrons. The van der Waals surface area contributed by atoms with Crippen LogP contribution in [0.2, 0.25) is 0 Å². The van der Waals surface area contributed by atoms with Gasteiger partial charge in [0.05, 0.1) is 0 Å². The summed E-state index contributed by atoms with van der Waals surface area (Å²) in [5.74, 6) is 0. The fourth-order valence-corrected chi connectivity index (χ4v) is 14.9. The van der Waals surface area contributed by atoms with E-state index in [1.807, 2.05) is 0 Å². The van der Waals surface area contributed by atoms with Crippen LogP contribution in [0.25, 0.3) is 19.4 Å². The van der Waals surface area contributed by atoms with E-state index in [9.17, 15) is 0 Å². The molecule has 0 aliphatic rings. The van der Waals surface area contributed by atoms with E-state index in [-0.39, 0.29) is 34.1 Å². The van der Waals surface area contributed by atoms with Crippen LogP contribution in [0, 0.1) is 0 Å². The van der Waals surface area contributed by atoms with Crippen LogP contribution in [0.1, 0.15) is 22.3 Å². The van der Waals surface area contributed by atoms with Crippen LogP contribution in [0.5, 0.6) is 0 Å². The number of rotatable bonds is 7. The number of hydrogen-bond acceptors (Lipinski definition) is 0. The van der Waals surface area contributed by atoms with Crippen LogP contribution in [-0.4, -0.2) is 34.1 Å². The summed E-state index contributed by atoms with van der Waals surface area (Å²) in [5.41, 5.74) is 5.34. The predicted octanol–water partition coefficient (Wildman–Crippen LogP) is 6.71. The summed E-state index contributed by atoms with van der Waals surface area (Å²) in [6.45, 7) is 0. The third-order valence-corrected chi connectivity index (χ3v) is 16.3. The van der Waals surface area contributed by atoms with Gasteiger partial charge in [-0.3, -0.25) is 0 Å². The quantitative estimate of drug-likeness (QED) is 0.161. The van der Waals surface area contributed by atoms with Crippen molar-refractivity contribution in [3.05, 3.63) is 144 Å². The topological polar surface area (TPSA) is 0 Å². The van der Waals surface area contributed by atoms with Gasteiger partial charge >= 0.3 is 197 Å². The second-order valence-corrected chi connectivity index (χ2v) is 16.6. The van der Waals surface area contributed by atoms with Crippen LogP contribution >= 0.6 is 0 Å². The Morgan fingerprint density at radius 1 is 0.400 bits per heavy atom. The maximum absolute atomic E-state index is 2.41. The first-order chi connectivity index (χ1) is 14.9. The maximum atomic E-state index is 2.41. The molecule has 0 saturated heterocycles. The van der Waals surface area contributed by atoms with E-state index >= 15 is 0 Å². The predicted molar refractivity (Wildman–Crippen MR) is 133 cm³/mol. The van der Waals surface area contributed by atoms with E-state index in [1.165, 1.54) is 22.3 Å². The molecule has 0 aliphatic carbocycles. The Labute approximate surface area is 195 Å². The molecule has 0 fully saturated rings. The molecule has 0 N–H and O–H groups in total. The first-order valence-electron chi connectivity index (χ1n) is 9.87. The second-order valence-electron chi connectivity index (χ2n) is 6.74. The van der Waals surface area contributed by atoms with Crippen molar-refractivity contribution in [2.45, 2.75) is 0 Å². The Kier molecular flexibility index (Phi) is 8.02. The van der Waals surface area contributed by atoms with Crippen LogP contribution in [0.4, 0.5) is 0 Å². The zero-order valence-electron chi connectivity index (χ0n) is 16.5. The molecule has 4 aromatic carbocycles. The molecule has 4 rings (SSSR count). The van der Waals surface area contributed by atoms with Crippen LogP contribution in [0.15, 0.2) is 121 Å². The van der Waals surface area contributed by atoms with E-state index in [1.54, 1.807) is 7.24 Å². The van der Waals surface area contributed by atoms with E-state index in [0.29, 0.717) is 0 Å². The van der Waals surface area contributed by atoms with Crippen molar-refractivity contribution < 1.29 is 0 Å². The van der Waals surface area contributed by atoms with Crippen LogP contribution in [-0.2, 0) is 0 Å². The molecule has 0 aromatic heterocycles. The molecule has 0 bridgehead atoms. The van der Waals surface area contributed by atoms with Crippen molar-refractivity contribution in [1.82, 2.24) is 0 Å². The molecular weight excluding hydrogens is 592 g/mol. The van der Waals surface area contributed by atoms with Gasteiger partial charge in [-0.05, 0) is 0 Å². The van der Waals surface area contributed by atoms with Gasteiger partial charge in [0.1, 0.15) is 0 Å². The fourth-order valence-electron chi connectivity index (χ4n) is 3.01. The van der Waals surface area contributed by atoms with Gasteiger partial charge in [-0.15, -0.1) is 0 Å². The molecule has 0 heterocycles. The molecule has 0 unspecified atom stereocenters. The molecule has 0 aliphatic heterocycles. The average molecular weight is 614 g/mol. The third kappa shape index (κ3) is 6.22. The summed E-state index contributed by atoms with van der Waals surface area (Å²) >= 11 is -0.609. The zero-order valence-corrected chi connectivity index (χ0v) is 21.2. The molecule has 146 valence electrons. The van der Waals surface area contributed by atoms with Gasteiger partial charge in [0.15, 0.2) is 0 Å². The van der Waals surface area contributed by atoms with Crippen molar-refractivity contribution in [3.8, 4) is 0 Å². The molecule has 0 atom stereocenters. The number of benzene rings is 4. The van der Waals surface area contributed by atoms with Crippen molar-refractivity contribution in [2.75, 3.05) is 0 Å². The van der Waals surface area contributed by atoms with Gasteiger partial charge in [0.2, 0.25) is 0 Å². The molecule has 0 amide bonds. The molecule has 0 nitrogen and oxygen atoms in total. The zero-order chi connectivity index (χ0) is 20.4. The first kappa shape index (κ1) is 21.2. The molecular formula is C28H22Te2. The minimum absolute atomic E-state index is 0.304. The van der Waals surface area contributed by atoms with Gasteiger partial charge in [0.25, 0.3) is 0 Å². The van der Waals surface area contributed by atoms with E-state index in [2.05, 4.69) is 133 Å². The SMILES string of the molecule is C(=C(/[Te][Te]/C(=C\c1ccccc1)c1ccccc1)c1ccccc1)/c1ccccc1. The standard InChI is InChI=1S/C28H22Te2/c1-5-13-23(14-6-1)21-27(25-17-9-3-10-18-25)29-30-28(26-19-11-4-12-20-26)22-24-15-7-2-8-16-24/h1-22H/b27-21-,28-22-. The van der Waals surface area contributed by atoms with Crippen molar-refractivity contribution in [3.63, 3.8) is 0 Å². The van der Waals surface area contributed by atoms with Gasteiger partial charge in [-0.1, -0.05) is 0 Å². The first-order valence-corrected chi connectivity index (χ1v) is 19.5. The van der Waals surface area contributed by atoms with Gasteiger partial charge in [0, 0.05) is 0 Å². The van der Waals surface area contributed by atoms with Crippen molar-refractivity contribution in [2.24, 2.45) is 0 Å². The van der Waals surface area contributed by atoms with Gasteiger partial charge in [-0.2, -0.15) is 0 Å². The Hall–Kier alpha value is -2.06. The Morgan fingerprint density at radius 2 is 0.700 bits per heavy atom. The van der Waals surface area contributed by atoms with Crippen LogP contribution < -0.4 is 0 Å². The summed E-state index contributed by atoms with van der Waals surface area (Å²) in [4.78, 5) is 0. The van der Waals surface area contributed by atoms with E-state index < -0.39 is 0 Å². The summed E-state index contributed by atoms with van der Waals surface area (Å²) < 4.78 is 3.09. The summed E-state index contributed by atoms with van der Waals surface area (Å²) in [7, 11) is 0. The monoisotopic (exact) mass is 618 g/mol. The van der Waals surface area contributed by atoms with Gasteiger partial charge in [-0.25, -0.2) is 0 Å². The minimum atomic E-state index is -0.304. The molecule has 2 heteroatoms. The normalized spacial score (nSPS) is 12.0. The summed E-state index contributed by atoms with van der Waals surface area (Å²) in [6, 6.07) is 43.3. The third-order valence-electron chi connectivity index (χ3n) is 4.53. The second kappa shape index (κ2) is 11.4. The Morgan fingerprint density at radius 3 is 1.03 bits per heavy atom. The molecule has 4 aromatic rings. The summed E-state index contributed by atoms with van der Waals surface area (Å²) in [6.07, 6.45) is 4.82. The Bertz CT molecular complexity index is 1010. The van der Waals surface area contributed by atoms with Crippen LogP contribution in [0.3, 0.4) is 0 Å². The van der Waals surface area contributed by atoms with Gasteiger partial charge < -0.3 is 0 Å². The van der Waals surface area contributed by atoms with Crippen molar-refractivity contribution >= 4 is 53.5 Å². The van der Waals surface area contributed by atoms with Crippen molar-refractivity contribution in [1.29, 1.82) is 0 Å². The summed E-state index contributed by atoms with van der Waals surface area (Å²) in [5, 5.41) is 0. The average Bonchev–Trinajstić information content (AvgIpc) is 2.83. The fraction of sp³-hybridized carbons (Fsp3) is 0. The molecule has 0 spiro atoms. The molecule has 30 heavy (non-hydrogen) atoms. The van der Waals surface area contributed by atoms with E-state index in [0.717, 1.165) is 0 Å². The van der Waals surface area contributed by atoms with E-state index in [4.69, 9.17) is 0 Å². The Balaban J connectivity index is 1.66. The number of hydrogen-bond donors (Lipinski definition) is 0.